The molecule has 5 heteroatoms. The highest BCUT2D eigenvalue weighted by Crippen LogP contribution is 2.05. The van der Waals surface area contributed by atoms with Gasteiger partial charge in [-0.1, -0.05) is 0 Å². The van der Waals surface area contributed by atoms with E-state index >= 15 is 0 Å². The Labute approximate surface area is 101 Å². The van der Waals surface area contributed by atoms with Crippen LogP contribution < -0.4 is 5.32 Å². The SMILES string of the molecule is COCC(C)(C)NCc1ccc(C(=O)O)cn1. The van der Waals surface area contributed by atoms with Gasteiger partial charge in [-0.05, 0) is 26.0 Å². The summed E-state index contributed by atoms with van der Waals surface area (Å²) in [6.07, 6.45) is 1.36. The van der Waals surface area contributed by atoms with Gasteiger partial charge in [-0.3, -0.25) is 4.98 Å². The highest BCUT2D eigenvalue weighted by Gasteiger charge is 2.16. The minimum absolute atomic E-state index is 0.137. The number of aromatic nitrogens is 1. The number of aromatic carboxylic acids is 1. The van der Waals surface area contributed by atoms with E-state index in [2.05, 4.69) is 10.3 Å². The van der Waals surface area contributed by atoms with Gasteiger partial charge in [0.25, 0.3) is 0 Å². The zero-order valence-corrected chi connectivity index (χ0v) is 10.4. The Morgan fingerprint density at radius 1 is 1.53 bits per heavy atom. The van der Waals surface area contributed by atoms with Crippen molar-refractivity contribution in [3.8, 4) is 0 Å². The van der Waals surface area contributed by atoms with Crippen molar-refractivity contribution in [2.45, 2.75) is 25.9 Å². The molecule has 2 N–H and O–H groups in total. The predicted octanol–water partition coefficient (Wildman–Crippen LogP) is 1.29. The van der Waals surface area contributed by atoms with Crippen molar-refractivity contribution in [1.82, 2.24) is 10.3 Å². The van der Waals surface area contributed by atoms with Crippen molar-refractivity contribution in [2.75, 3.05) is 13.7 Å². The molecule has 0 saturated heterocycles. The molecule has 0 bridgehead atoms. The van der Waals surface area contributed by atoms with Crippen LogP contribution in [0.1, 0.15) is 29.9 Å². The summed E-state index contributed by atoms with van der Waals surface area (Å²) in [7, 11) is 1.66. The summed E-state index contributed by atoms with van der Waals surface area (Å²) in [5, 5.41) is 12.0. The standard InChI is InChI=1S/C12H18N2O3/c1-12(2,8-17-3)14-7-10-5-4-9(6-13-10)11(15)16/h4-6,14H,7-8H2,1-3H3,(H,15,16). The summed E-state index contributed by atoms with van der Waals surface area (Å²) in [4.78, 5) is 14.7. The molecular formula is C12H18N2O3. The number of carboxylic acid groups (broad SMARTS) is 1. The van der Waals surface area contributed by atoms with E-state index in [1.807, 2.05) is 13.8 Å². The quantitative estimate of drug-likeness (QED) is 0.781. The van der Waals surface area contributed by atoms with Gasteiger partial charge < -0.3 is 15.2 Å². The predicted molar refractivity (Wildman–Crippen MR) is 64.0 cm³/mol. The summed E-state index contributed by atoms with van der Waals surface area (Å²) in [6, 6.07) is 3.26. The highest BCUT2D eigenvalue weighted by molar-refractivity contribution is 5.87. The molecule has 94 valence electrons. The lowest BCUT2D eigenvalue weighted by atomic mass is 10.1. The van der Waals surface area contributed by atoms with Crippen LogP contribution in [0.3, 0.4) is 0 Å². The normalized spacial score (nSPS) is 11.5. The molecule has 0 fully saturated rings. The molecule has 0 aliphatic carbocycles. The third-order valence-electron chi connectivity index (χ3n) is 2.32. The second kappa shape index (κ2) is 5.75. The summed E-state index contributed by atoms with van der Waals surface area (Å²) in [5.41, 5.74) is 0.867. The fraction of sp³-hybridized carbons (Fsp3) is 0.500. The molecule has 0 aliphatic rings. The van der Waals surface area contributed by atoms with Gasteiger partial charge in [0, 0.05) is 25.4 Å². The summed E-state index contributed by atoms with van der Waals surface area (Å²) in [6.45, 7) is 5.24. The number of ether oxygens (including phenoxy) is 1. The minimum Gasteiger partial charge on any atom is -0.478 e. The smallest absolute Gasteiger partial charge is 0.337 e. The number of hydrogen-bond acceptors (Lipinski definition) is 4. The molecule has 0 spiro atoms. The largest absolute Gasteiger partial charge is 0.478 e. The van der Waals surface area contributed by atoms with Gasteiger partial charge in [-0.25, -0.2) is 4.79 Å². The molecule has 5 nitrogen and oxygen atoms in total. The number of carbonyl (C=O) groups is 1. The molecule has 1 rings (SSSR count). The molecule has 1 aromatic heterocycles. The molecular weight excluding hydrogens is 220 g/mol. The first-order valence-corrected chi connectivity index (χ1v) is 5.37. The number of hydrogen-bond donors (Lipinski definition) is 2. The van der Waals surface area contributed by atoms with Gasteiger partial charge in [0.1, 0.15) is 0 Å². The first-order chi connectivity index (χ1) is 7.94. The van der Waals surface area contributed by atoms with E-state index in [9.17, 15) is 4.79 Å². The second-order valence-electron chi connectivity index (χ2n) is 4.51. The van der Waals surface area contributed by atoms with Crippen molar-refractivity contribution < 1.29 is 14.6 Å². The third-order valence-corrected chi connectivity index (χ3v) is 2.32. The van der Waals surface area contributed by atoms with Gasteiger partial charge in [-0.15, -0.1) is 0 Å². The molecule has 0 aliphatic heterocycles. The number of pyridine rings is 1. The molecule has 0 aromatic carbocycles. The van der Waals surface area contributed by atoms with Crippen LogP contribution in [0.25, 0.3) is 0 Å². The van der Waals surface area contributed by atoms with Gasteiger partial charge in [0.05, 0.1) is 17.9 Å². The number of methoxy groups -OCH3 is 1. The van der Waals surface area contributed by atoms with E-state index in [4.69, 9.17) is 9.84 Å². The Kier molecular flexibility index (Phi) is 4.60. The zero-order chi connectivity index (χ0) is 12.9. The van der Waals surface area contributed by atoms with Crippen molar-refractivity contribution in [3.63, 3.8) is 0 Å². The van der Waals surface area contributed by atoms with Crippen LogP contribution in [0.4, 0.5) is 0 Å². The van der Waals surface area contributed by atoms with Crippen LogP contribution in [-0.4, -0.2) is 35.3 Å². The lowest BCUT2D eigenvalue weighted by Gasteiger charge is -2.25. The molecule has 0 radical (unpaired) electrons. The Balaban J connectivity index is 2.55. The lowest BCUT2D eigenvalue weighted by Crippen LogP contribution is -2.42. The monoisotopic (exact) mass is 238 g/mol. The lowest BCUT2D eigenvalue weighted by molar-refractivity contribution is 0.0696. The fourth-order valence-corrected chi connectivity index (χ4v) is 1.40. The van der Waals surface area contributed by atoms with E-state index in [0.29, 0.717) is 13.2 Å². The molecule has 1 aromatic rings. The Morgan fingerprint density at radius 2 is 2.24 bits per heavy atom. The van der Waals surface area contributed by atoms with E-state index < -0.39 is 5.97 Å². The van der Waals surface area contributed by atoms with Gasteiger partial charge >= 0.3 is 5.97 Å². The number of carboxylic acids is 1. The molecule has 0 unspecified atom stereocenters. The highest BCUT2D eigenvalue weighted by atomic mass is 16.5. The number of nitrogens with zero attached hydrogens (tertiary/aromatic N) is 1. The molecule has 0 saturated carbocycles. The average Bonchev–Trinajstić information content (AvgIpc) is 2.27. The van der Waals surface area contributed by atoms with Crippen LogP contribution in [0.2, 0.25) is 0 Å². The number of nitrogens with one attached hydrogen (secondary N) is 1. The minimum atomic E-state index is -0.961. The number of rotatable bonds is 6. The third kappa shape index (κ3) is 4.50. The van der Waals surface area contributed by atoms with Gasteiger partial charge in [0.2, 0.25) is 0 Å². The summed E-state index contributed by atoms with van der Waals surface area (Å²) >= 11 is 0. The summed E-state index contributed by atoms with van der Waals surface area (Å²) < 4.78 is 5.08. The Bertz CT molecular complexity index is 374. The van der Waals surface area contributed by atoms with Crippen molar-refractivity contribution in [3.05, 3.63) is 29.6 Å². The fourth-order valence-electron chi connectivity index (χ4n) is 1.40. The Morgan fingerprint density at radius 3 is 2.71 bits per heavy atom. The van der Waals surface area contributed by atoms with Crippen LogP contribution in [0.15, 0.2) is 18.3 Å². The van der Waals surface area contributed by atoms with Gasteiger partial charge in [0.15, 0.2) is 0 Å². The van der Waals surface area contributed by atoms with E-state index in [-0.39, 0.29) is 11.1 Å². The van der Waals surface area contributed by atoms with Crippen LogP contribution in [0.5, 0.6) is 0 Å². The molecule has 0 atom stereocenters. The molecule has 17 heavy (non-hydrogen) atoms. The van der Waals surface area contributed by atoms with E-state index in [1.165, 1.54) is 6.20 Å². The summed E-state index contributed by atoms with van der Waals surface area (Å²) in [5.74, 6) is -0.961. The average molecular weight is 238 g/mol. The van der Waals surface area contributed by atoms with E-state index in [0.717, 1.165) is 5.69 Å². The van der Waals surface area contributed by atoms with Crippen LogP contribution in [0, 0.1) is 0 Å². The Hall–Kier alpha value is -1.46. The first-order valence-electron chi connectivity index (χ1n) is 5.37. The van der Waals surface area contributed by atoms with Crippen molar-refractivity contribution >= 4 is 5.97 Å². The van der Waals surface area contributed by atoms with Crippen molar-refractivity contribution in [1.29, 1.82) is 0 Å². The van der Waals surface area contributed by atoms with Crippen LogP contribution >= 0.6 is 0 Å². The zero-order valence-electron chi connectivity index (χ0n) is 10.4. The first kappa shape index (κ1) is 13.6. The van der Waals surface area contributed by atoms with Crippen LogP contribution in [-0.2, 0) is 11.3 Å². The maximum absolute atomic E-state index is 10.6. The maximum atomic E-state index is 10.6. The second-order valence-corrected chi connectivity index (χ2v) is 4.51. The molecule has 0 amide bonds. The van der Waals surface area contributed by atoms with Crippen molar-refractivity contribution in [2.24, 2.45) is 0 Å². The van der Waals surface area contributed by atoms with Gasteiger partial charge in [-0.2, -0.15) is 0 Å². The maximum Gasteiger partial charge on any atom is 0.337 e. The topological polar surface area (TPSA) is 71.5 Å². The molecule has 1 heterocycles. The van der Waals surface area contributed by atoms with E-state index in [1.54, 1.807) is 19.2 Å².